The van der Waals surface area contributed by atoms with Crippen LogP contribution in [0.3, 0.4) is 0 Å². The lowest BCUT2D eigenvalue weighted by atomic mass is 9.88. The van der Waals surface area contributed by atoms with Gasteiger partial charge in [0.05, 0.1) is 12.2 Å². The van der Waals surface area contributed by atoms with Gasteiger partial charge in [-0.2, -0.15) is 0 Å². The van der Waals surface area contributed by atoms with Crippen molar-refractivity contribution in [2.45, 2.75) is 30.5 Å². The molecule has 1 aliphatic heterocycles. The molecule has 0 bridgehead atoms. The summed E-state index contributed by atoms with van der Waals surface area (Å²) < 4.78 is 5.32. The van der Waals surface area contributed by atoms with Crippen LogP contribution in [0.1, 0.15) is 27.6 Å². The Morgan fingerprint density at radius 1 is 0.897 bits per heavy atom. The highest BCUT2D eigenvalue weighted by Gasteiger charge is 2.46. The van der Waals surface area contributed by atoms with E-state index in [0.29, 0.717) is 0 Å². The molecule has 5 atom stereocenters. The van der Waals surface area contributed by atoms with Crippen LogP contribution in [0.25, 0.3) is 0 Å². The zero-order valence-corrected chi connectivity index (χ0v) is 14.9. The smallest absolute Gasteiger partial charge is 0.200 e. The first-order valence-corrected chi connectivity index (χ1v) is 8.59. The minimum Gasteiger partial charge on any atom is -0.508 e. The number of carbonyl (C=O) groups is 1. The third-order valence-corrected chi connectivity index (χ3v) is 4.83. The molecule has 0 spiro atoms. The van der Waals surface area contributed by atoms with E-state index < -0.39 is 71.3 Å². The van der Waals surface area contributed by atoms with Gasteiger partial charge in [0.2, 0.25) is 5.78 Å². The molecule has 0 aromatic heterocycles. The van der Waals surface area contributed by atoms with Gasteiger partial charge in [-0.1, -0.05) is 0 Å². The number of ketones is 1. The first-order valence-electron chi connectivity index (χ1n) is 8.59. The van der Waals surface area contributed by atoms with Crippen LogP contribution in [0.15, 0.2) is 30.3 Å². The highest BCUT2D eigenvalue weighted by atomic mass is 16.5. The molecular weight excluding hydrogens is 388 g/mol. The Bertz CT molecular complexity index is 908. The Kier molecular flexibility index (Phi) is 5.64. The molecule has 10 heteroatoms. The summed E-state index contributed by atoms with van der Waals surface area (Å²) in [5, 5.41) is 79.7. The van der Waals surface area contributed by atoms with E-state index in [9.17, 15) is 45.6 Å². The average molecular weight is 408 g/mol. The highest BCUT2D eigenvalue weighted by molar-refractivity contribution is 6.12. The second kappa shape index (κ2) is 7.85. The minimum atomic E-state index is -1.83. The molecule has 2 aromatic carbocycles. The fourth-order valence-electron chi connectivity index (χ4n) is 3.26. The summed E-state index contributed by atoms with van der Waals surface area (Å²) in [4.78, 5) is 12.7. The monoisotopic (exact) mass is 408 g/mol. The summed E-state index contributed by atoms with van der Waals surface area (Å²) in [5.41, 5.74) is -1.12. The van der Waals surface area contributed by atoms with Gasteiger partial charge in [0.1, 0.15) is 59.1 Å². The number of phenolic OH excluding ortho intramolecular Hbond substituents is 4. The van der Waals surface area contributed by atoms with Gasteiger partial charge in [-0.25, -0.2) is 0 Å². The Morgan fingerprint density at radius 3 is 2.10 bits per heavy atom. The standard InChI is InChI=1S/C19H20O10/c20-6-11-15(25)17(27)18(28)19(29-11)13-10(23)5-9(22)12(16(13)26)14(24)7-1-3-8(21)4-2-7/h1-5,11,15,17-23,25-28H,6H2/t11?,15?,17-,18+,19?/m0/s1. The molecule has 1 aliphatic rings. The topological polar surface area (TPSA) is 188 Å². The van der Waals surface area contributed by atoms with Crippen LogP contribution < -0.4 is 0 Å². The van der Waals surface area contributed by atoms with Gasteiger partial charge in [0.15, 0.2) is 0 Å². The first kappa shape index (κ1) is 20.8. The van der Waals surface area contributed by atoms with Crippen molar-refractivity contribution in [1.82, 2.24) is 0 Å². The number of aliphatic hydroxyl groups is 4. The summed E-state index contributed by atoms with van der Waals surface area (Å²) in [5.74, 6) is -3.38. The van der Waals surface area contributed by atoms with Crippen molar-refractivity contribution >= 4 is 5.78 Å². The number of ether oxygens (including phenoxy) is 1. The van der Waals surface area contributed by atoms with Gasteiger partial charge >= 0.3 is 0 Å². The fraction of sp³-hybridized carbons (Fsp3) is 0.316. The maximum atomic E-state index is 12.7. The van der Waals surface area contributed by atoms with Gasteiger partial charge in [0, 0.05) is 11.6 Å². The molecular formula is C19H20O10. The Morgan fingerprint density at radius 2 is 1.52 bits per heavy atom. The Labute approximate surface area is 164 Å². The molecule has 2 aromatic rings. The molecule has 29 heavy (non-hydrogen) atoms. The van der Waals surface area contributed by atoms with Crippen molar-refractivity contribution < 1.29 is 50.4 Å². The zero-order chi connectivity index (χ0) is 21.5. The quantitative estimate of drug-likeness (QED) is 0.299. The summed E-state index contributed by atoms with van der Waals surface area (Å²) in [7, 11) is 0. The van der Waals surface area contributed by atoms with E-state index in [1.165, 1.54) is 24.3 Å². The molecule has 0 amide bonds. The summed E-state index contributed by atoms with van der Waals surface area (Å²) in [6, 6.07) is 5.69. The largest absolute Gasteiger partial charge is 0.508 e. The molecule has 1 heterocycles. The molecule has 1 saturated heterocycles. The molecule has 156 valence electrons. The lowest BCUT2D eigenvalue weighted by Crippen LogP contribution is -2.55. The predicted molar refractivity (Wildman–Crippen MR) is 95.7 cm³/mol. The van der Waals surface area contributed by atoms with E-state index in [4.69, 9.17) is 4.74 Å². The van der Waals surface area contributed by atoms with Gasteiger partial charge in [-0.15, -0.1) is 0 Å². The molecule has 0 saturated carbocycles. The third kappa shape index (κ3) is 3.59. The third-order valence-electron chi connectivity index (χ3n) is 4.83. The lowest BCUT2D eigenvalue weighted by molar-refractivity contribution is -0.232. The van der Waals surface area contributed by atoms with Gasteiger partial charge in [-0.05, 0) is 24.3 Å². The van der Waals surface area contributed by atoms with Crippen LogP contribution >= 0.6 is 0 Å². The van der Waals surface area contributed by atoms with Crippen molar-refractivity contribution in [1.29, 1.82) is 0 Å². The van der Waals surface area contributed by atoms with Crippen molar-refractivity contribution in [3.05, 3.63) is 47.0 Å². The molecule has 0 aliphatic carbocycles. The van der Waals surface area contributed by atoms with Crippen LogP contribution in [0, 0.1) is 0 Å². The van der Waals surface area contributed by atoms with Gasteiger partial charge in [-0.3, -0.25) is 4.79 Å². The maximum absolute atomic E-state index is 12.7. The van der Waals surface area contributed by atoms with Crippen molar-refractivity contribution in [2.75, 3.05) is 6.61 Å². The second-order valence-corrected chi connectivity index (χ2v) is 6.68. The van der Waals surface area contributed by atoms with E-state index in [1.807, 2.05) is 0 Å². The van der Waals surface area contributed by atoms with Gasteiger partial charge in [0.25, 0.3) is 0 Å². The molecule has 10 nitrogen and oxygen atoms in total. The number of hydrogen-bond acceptors (Lipinski definition) is 10. The number of aromatic hydroxyl groups is 4. The number of benzene rings is 2. The SMILES string of the molecule is O=C(c1ccc(O)cc1)c1c(O)cc(O)c(C2OC(CO)C(O)[C@H](O)[C@H]2O)c1O. The van der Waals surface area contributed by atoms with E-state index in [-0.39, 0.29) is 11.3 Å². The fourth-order valence-corrected chi connectivity index (χ4v) is 3.26. The van der Waals surface area contributed by atoms with Crippen LogP contribution in [0.5, 0.6) is 23.0 Å². The van der Waals surface area contributed by atoms with Crippen molar-refractivity contribution in [2.24, 2.45) is 0 Å². The van der Waals surface area contributed by atoms with Gasteiger partial charge < -0.3 is 45.6 Å². The highest BCUT2D eigenvalue weighted by Crippen LogP contribution is 2.46. The Balaban J connectivity index is 2.10. The minimum absolute atomic E-state index is 0.00107. The van der Waals surface area contributed by atoms with Crippen LogP contribution in [0.2, 0.25) is 0 Å². The molecule has 3 unspecified atom stereocenters. The van der Waals surface area contributed by atoms with Crippen molar-refractivity contribution in [3.63, 3.8) is 0 Å². The van der Waals surface area contributed by atoms with Crippen LogP contribution in [-0.4, -0.2) is 77.7 Å². The van der Waals surface area contributed by atoms with Crippen LogP contribution in [-0.2, 0) is 4.74 Å². The summed E-state index contributed by atoms with van der Waals surface area (Å²) in [6.07, 6.45) is -8.22. The van der Waals surface area contributed by atoms with E-state index in [1.54, 1.807) is 0 Å². The van der Waals surface area contributed by atoms with E-state index in [0.717, 1.165) is 6.07 Å². The number of carbonyl (C=O) groups excluding carboxylic acids is 1. The Hall–Kier alpha value is -2.89. The van der Waals surface area contributed by atoms with E-state index >= 15 is 0 Å². The number of rotatable bonds is 4. The average Bonchev–Trinajstić information content (AvgIpc) is 2.68. The lowest BCUT2D eigenvalue weighted by Gasteiger charge is -2.40. The number of hydrogen-bond donors (Lipinski definition) is 8. The van der Waals surface area contributed by atoms with E-state index in [2.05, 4.69) is 0 Å². The summed E-state index contributed by atoms with van der Waals surface area (Å²) >= 11 is 0. The zero-order valence-electron chi connectivity index (χ0n) is 14.9. The second-order valence-electron chi connectivity index (χ2n) is 6.68. The maximum Gasteiger partial charge on any atom is 0.200 e. The summed E-state index contributed by atoms with van der Waals surface area (Å²) in [6.45, 7) is -0.736. The number of aliphatic hydroxyl groups excluding tert-OH is 4. The molecule has 3 rings (SSSR count). The molecule has 0 radical (unpaired) electrons. The van der Waals surface area contributed by atoms with Crippen molar-refractivity contribution in [3.8, 4) is 23.0 Å². The normalized spacial score (nSPS) is 27.0. The molecule has 1 fully saturated rings. The van der Waals surface area contributed by atoms with Crippen LogP contribution in [0.4, 0.5) is 0 Å². The molecule has 8 N–H and O–H groups in total. The number of phenols is 4. The first-order chi connectivity index (χ1) is 13.7. The predicted octanol–water partition coefficient (Wildman–Crippen LogP) is -0.745.